The van der Waals surface area contributed by atoms with Crippen LogP contribution in [-0.4, -0.2) is 64.4 Å². The predicted molar refractivity (Wildman–Crippen MR) is 94.6 cm³/mol. The molecular formula is C19H28FN3O2. The summed E-state index contributed by atoms with van der Waals surface area (Å²) in [6.45, 7) is 10.8. The molecule has 1 aliphatic heterocycles. The number of nitrogens with zero attached hydrogens (tertiary/aromatic N) is 3. The van der Waals surface area contributed by atoms with Crippen molar-refractivity contribution < 1.29 is 14.6 Å². The lowest BCUT2D eigenvalue weighted by molar-refractivity contribution is -0.0188. The summed E-state index contributed by atoms with van der Waals surface area (Å²) in [5.74, 6) is -0.567. The molecular weight excluding hydrogens is 321 g/mol. The van der Waals surface area contributed by atoms with Crippen molar-refractivity contribution in [3.05, 3.63) is 34.6 Å². The van der Waals surface area contributed by atoms with Crippen LogP contribution >= 0.6 is 0 Å². The summed E-state index contributed by atoms with van der Waals surface area (Å²) in [6.07, 6.45) is -0.831. The molecule has 25 heavy (non-hydrogen) atoms. The highest BCUT2D eigenvalue weighted by molar-refractivity contribution is 5.44. The Kier molecular flexibility index (Phi) is 6.17. The van der Waals surface area contributed by atoms with Crippen molar-refractivity contribution >= 4 is 0 Å². The molecule has 1 fully saturated rings. The third-order valence-corrected chi connectivity index (χ3v) is 5.10. The molecule has 2 atom stereocenters. The number of aliphatic hydroxyl groups excluding tert-OH is 2. The van der Waals surface area contributed by atoms with E-state index in [1.807, 2.05) is 6.07 Å². The van der Waals surface area contributed by atoms with Crippen LogP contribution in [0.5, 0.6) is 0 Å². The Balaban J connectivity index is 2.13. The molecule has 0 saturated carbocycles. The fraction of sp³-hybridized carbons (Fsp3) is 0.632. The Morgan fingerprint density at radius 2 is 2.04 bits per heavy atom. The van der Waals surface area contributed by atoms with Crippen molar-refractivity contribution in [2.24, 2.45) is 0 Å². The lowest BCUT2D eigenvalue weighted by Gasteiger charge is -2.46. The second-order valence-electron chi connectivity index (χ2n) is 7.71. The number of benzene rings is 1. The molecule has 0 amide bonds. The first kappa shape index (κ1) is 19.8. The van der Waals surface area contributed by atoms with E-state index in [1.165, 1.54) is 12.1 Å². The van der Waals surface area contributed by atoms with Crippen LogP contribution in [0, 0.1) is 24.1 Å². The number of nitriles is 1. The minimum atomic E-state index is -0.831. The number of piperazine rings is 1. The summed E-state index contributed by atoms with van der Waals surface area (Å²) < 4.78 is 13.7. The zero-order chi connectivity index (χ0) is 18.8. The zero-order valence-corrected chi connectivity index (χ0v) is 15.5. The van der Waals surface area contributed by atoms with Gasteiger partial charge in [-0.3, -0.25) is 9.80 Å². The van der Waals surface area contributed by atoms with E-state index in [2.05, 4.69) is 30.6 Å². The van der Waals surface area contributed by atoms with E-state index in [1.54, 1.807) is 6.92 Å². The van der Waals surface area contributed by atoms with Crippen LogP contribution in [-0.2, 0) is 0 Å². The lowest BCUT2D eigenvalue weighted by atomic mass is 9.97. The highest BCUT2D eigenvalue weighted by Crippen LogP contribution is 2.26. The van der Waals surface area contributed by atoms with Gasteiger partial charge in [-0.2, -0.15) is 5.26 Å². The normalized spacial score (nSPS) is 21.1. The minimum absolute atomic E-state index is 0.0190. The van der Waals surface area contributed by atoms with Crippen LogP contribution in [0.4, 0.5) is 4.39 Å². The average Bonchev–Trinajstić information content (AvgIpc) is 2.54. The molecule has 2 rings (SSSR count). The second-order valence-corrected chi connectivity index (χ2v) is 7.71. The largest absolute Gasteiger partial charge is 0.395 e. The molecule has 1 unspecified atom stereocenters. The van der Waals surface area contributed by atoms with Crippen LogP contribution in [0.2, 0.25) is 0 Å². The summed E-state index contributed by atoms with van der Waals surface area (Å²) in [5.41, 5.74) is 1.05. The standard InChI is InChI=1S/C19H28FN3O2/c1-13-15(5-6-17(20)16(13)9-21)18(25)11-22-7-8-23(19(2,3)4)10-14(22)12-24/h5-6,14,18,24-25H,7-8,10-12H2,1-4H3/t14-,18?/m0/s1. The molecule has 0 radical (unpaired) electrons. The molecule has 6 heteroatoms. The number of hydrogen-bond acceptors (Lipinski definition) is 5. The van der Waals surface area contributed by atoms with Crippen LogP contribution in [0.3, 0.4) is 0 Å². The molecule has 1 aromatic carbocycles. The zero-order valence-electron chi connectivity index (χ0n) is 15.5. The van der Waals surface area contributed by atoms with E-state index >= 15 is 0 Å². The van der Waals surface area contributed by atoms with Gasteiger partial charge in [0.15, 0.2) is 0 Å². The van der Waals surface area contributed by atoms with Crippen LogP contribution in [0.25, 0.3) is 0 Å². The van der Waals surface area contributed by atoms with Crippen molar-refractivity contribution in [2.75, 3.05) is 32.8 Å². The summed E-state index contributed by atoms with van der Waals surface area (Å²) in [6, 6.07) is 4.57. The number of halogens is 1. The van der Waals surface area contributed by atoms with Crippen LogP contribution in [0.1, 0.15) is 43.6 Å². The van der Waals surface area contributed by atoms with Gasteiger partial charge in [0.05, 0.1) is 18.3 Å². The molecule has 0 aromatic heterocycles. The first-order chi connectivity index (χ1) is 11.7. The molecule has 2 N–H and O–H groups in total. The van der Waals surface area contributed by atoms with Crippen molar-refractivity contribution in [3.8, 4) is 6.07 Å². The molecule has 1 aromatic rings. The highest BCUT2D eigenvalue weighted by atomic mass is 19.1. The first-order valence-electron chi connectivity index (χ1n) is 8.66. The van der Waals surface area contributed by atoms with Gasteiger partial charge in [-0.05, 0) is 44.9 Å². The number of hydrogen-bond donors (Lipinski definition) is 2. The van der Waals surface area contributed by atoms with Gasteiger partial charge in [0, 0.05) is 37.8 Å². The van der Waals surface area contributed by atoms with E-state index in [0.29, 0.717) is 17.7 Å². The van der Waals surface area contributed by atoms with Crippen molar-refractivity contribution in [3.63, 3.8) is 0 Å². The topological polar surface area (TPSA) is 70.7 Å². The number of aliphatic hydroxyl groups is 2. The molecule has 1 heterocycles. The third kappa shape index (κ3) is 4.36. The molecule has 5 nitrogen and oxygen atoms in total. The first-order valence-corrected chi connectivity index (χ1v) is 8.66. The third-order valence-electron chi connectivity index (χ3n) is 5.10. The van der Waals surface area contributed by atoms with Crippen molar-refractivity contribution in [2.45, 2.75) is 45.4 Å². The lowest BCUT2D eigenvalue weighted by Crippen LogP contribution is -2.59. The minimum Gasteiger partial charge on any atom is -0.395 e. The van der Waals surface area contributed by atoms with Gasteiger partial charge < -0.3 is 10.2 Å². The quantitative estimate of drug-likeness (QED) is 0.868. The maximum absolute atomic E-state index is 13.7. The van der Waals surface area contributed by atoms with Crippen molar-refractivity contribution in [1.82, 2.24) is 9.80 Å². The van der Waals surface area contributed by atoms with Crippen LogP contribution < -0.4 is 0 Å². The van der Waals surface area contributed by atoms with E-state index in [9.17, 15) is 14.6 Å². The maximum atomic E-state index is 13.7. The van der Waals surface area contributed by atoms with Gasteiger partial charge in [-0.1, -0.05) is 6.07 Å². The number of β-amino-alcohol motifs (C(OH)–C–C–N with tert-alkyl or cyclic N) is 1. The number of rotatable bonds is 4. The molecule has 138 valence electrons. The van der Waals surface area contributed by atoms with Gasteiger partial charge in [0.1, 0.15) is 11.9 Å². The summed E-state index contributed by atoms with van der Waals surface area (Å²) in [4.78, 5) is 4.40. The Bertz CT molecular complexity index is 651. The molecule has 1 saturated heterocycles. The molecule has 0 bridgehead atoms. The van der Waals surface area contributed by atoms with E-state index < -0.39 is 11.9 Å². The Morgan fingerprint density at radius 3 is 2.60 bits per heavy atom. The van der Waals surface area contributed by atoms with Crippen LogP contribution in [0.15, 0.2) is 12.1 Å². The molecule has 0 spiro atoms. The van der Waals surface area contributed by atoms with Gasteiger partial charge in [-0.15, -0.1) is 0 Å². The van der Waals surface area contributed by atoms with Gasteiger partial charge in [0.25, 0.3) is 0 Å². The maximum Gasteiger partial charge on any atom is 0.141 e. The highest BCUT2D eigenvalue weighted by Gasteiger charge is 2.33. The van der Waals surface area contributed by atoms with Gasteiger partial charge in [0.2, 0.25) is 0 Å². The summed E-state index contributed by atoms with van der Waals surface area (Å²) >= 11 is 0. The predicted octanol–water partition coefficient (Wildman–Crippen LogP) is 1.82. The Hall–Kier alpha value is -1.52. The van der Waals surface area contributed by atoms with Gasteiger partial charge >= 0.3 is 0 Å². The monoisotopic (exact) mass is 349 g/mol. The average molecular weight is 349 g/mol. The SMILES string of the molecule is Cc1c(C(O)CN2CCN(C(C)(C)C)C[C@H]2CO)ccc(F)c1C#N. The molecule has 1 aliphatic rings. The van der Waals surface area contributed by atoms with E-state index in [-0.39, 0.29) is 23.8 Å². The summed E-state index contributed by atoms with van der Waals surface area (Å²) in [7, 11) is 0. The fourth-order valence-electron chi connectivity index (χ4n) is 3.43. The molecule has 0 aliphatic carbocycles. The summed E-state index contributed by atoms with van der Waals surface area (Å²) in [5, 5.41) is 29.5. The Morgan fingerprint density at radius 1 is 1.36 bits per heavy atom. The fourth-order valence-corrected chi connectivity index (χ4v) is 3.43. The van der Waals surface area contributed by atoms with E-state index in [0.717, 1.165) is 19.6 Å². The smallest absolute Gasteiger partial charge is 0.141 e. The van der Waals surface area contributed by atoms with Gasteiger partial charge in [-0.25, -0.2) is 4.39 Å². The Labute approximate surface area is 149 Å². The van der Waals surface area contributed by atoms with Crippen molar-refractivity contribution in [1.29, 1.82) is 5.26 Å². The second kappa shape index (κ2) is 7.79. The van der Waals surface area contributed by atoms with E-state index in [4.69, 9.17) is 5.26 Å².